The molecule has 2 rings (SSSR count). The van der Waals surface area contributed by atoms with E-state index < -0.39 is 11.9 Å². The van der Waals surface area contributed by atoms with Crippen LogP contribution in [0.1, 0.15) is 45.4 Å². The van der Waals surface area contributed by atoms with Gasteiger partial charge in [0.05, 0.1) is 12.0 Å². The lowest BCUT2D eigenvalue weighted by atomic mass is 9.90. The molecule has 0 aromatic heterocycles. The summed E-state index contributed by atoms with van der Waals surface area (Å²) in [5, 5.41) is 9.15. The zero-order valence-corrected chi connectivity index (χ0v) is 11.5. The lowest BCUT2D eigenvalue weighted by molar-refractivity contribution is -0.149. The Morgan fingerprint density at radius 1 is 1.32 bits per heavy atom. The molecule has 2 aliphatic heterocycles. The standard InChI is InChI=1S/C14H23NO4/c1-10-12(14(17)18)5-2-8-15(10)13(16)7-6-11-4-3-9-19-11/h10-12H,2-9H2,1H3,(H,17,18)/t10-,11?,12-/m1/s1. The molecule has 1 N–H and O–H groups in total. The average molecular weight is 269 g/mol. The highest BCUT2D eigenvalue weighted by molar-refractivity contribution is 5.78. The number of amides is 1. The fraction of sp³-hybridized carbons (Fsp3) is 0.857. The summed E-state index contributed by atoms with van der Waals surface area (Å²) in [6, 6.07) is -0.191. The second-order valence-electron chi connectivity index (χ2n) is 5.59. The SMILES string of the molecule is C[C@@H]1[C@H](C(=O)O)CCCN1C(=O)CCC1CCCO1. The number of hydrogen-bond donors (Lipinski definition) is 1. The molecule has 0 radical (unpaired) electrons. The van der Waals surface area contributed by atoms with Gasteiger partial charge in [0, 0.05) is 25.6 Å². The number of nitrogens with zero attached hydrogens (tertiary/aromatic N) is 1. The van der Waals surface area contributed by atoms with Crippen LogP contribution >= 0.6 is 0 Å². The van der Waals surface area contributed by atoms with Gasteiger partial charge < -0.3 is 14.7 Å². The Hall–Kier alpha value is -1.10. The van der Waals surface area contributed by atoms with Crippen molar-refractivity contribution < 1.29 is 19.4 Å². The third-order valence-electron chi connectivity index (χ3n) is 4.33. The van der Waals surface area contributed by atoms with Gasteiger partial charge in [0.1, 0.15) is 0 Å². The van der Waals surface area contributed by atoms with E-state index in [1.807, 2.05) is 6.92 Å². The molecule has 2 saturated heterocycles. The van der Waals surface area contributed by atoms with E-state index in [-0.39, 0.29) is 18.1 Å². The maximum atomic E-state index is 12.2. The summed E-state index contributed by atoms with van der Waals surface area (Å²) in [7, 11) is 0. The van der Waals surface area contributed by atoms with Crippen LogP contribution in [0.25, 0.3) is 0 Å². The van der Waals surface area contributed by atoms with E-state index in [0.717, 1.165) is 32.3 Å². The molecule has 1 unspecified atom stereocenters. The highest BCUT2D eigenvalue weighted by Gasteiger charge is 2.35. The second kappa shape index (κ2) is 6.37. The number of piperidine rings is 1. The number of carboxylic acid groups (broad SMARTS) is 1. The van der Waals surface area contributed by atoms with Gasteiger partial charge >= 0.3 is 5.97 Å². The Bertz CT molecular complexity index is 338. The number of carboxylic acids is 1. The number of rotatable bonds is 4. The molecular formula is C14H23NO4. The van der Waals surface area contributed by atoms with Crippen molar-refractivity contribution in [3.63, 3.8) is 0 Å². The normalized spacial score (nSPS) is 31.4. The third-order valence-corrected chi connectivity index (χ3v) is 4.33. The van der Waals surface area contributed by atoms with Crippen molar-refractivity contribution in [2.24, 2.45) is 5.92 Å². The lowest BCUT2D eigenvalue weighted by Crippen LogP contribution is -2.49. The van der Waals surface area contributed by atoms with Crippen molar-refractivity contribution in [1.29, 1.82) is 0 Å². The van der Waals surface area contributed by atoms with Gasteiger partial charge in [0.15, 0.2) is 0 Å². The minimum absolute atomic E-state index is 0.0777. The first-order valence-corrected chi connectivity index (χ1v) is 7.23. The molecule has 2 heterocycles. The molecule has 1 amide bonds. The molecule has 0 aromatic carbocycles. The van der Waals surface area contributed by atoms with Crippen molar-refractivity contribution in [2.75, 3.05) is 13.2 Å². The Kier molecular flexibility index (Phi) is 4.80. The summed E-state index contributed by atoms with van der Waals surface area (Å²) in [5.41, 5.74) is 0. The van der Waals surface area contributed by atoms with E-state index >= 15 is 0 Å². The first-order chi connectivity index (χ1) is 9.09. The summed E-state index contributed by atoms with van der Waals surface area (Å²) >= 11 is 0. The van der Waals surface area contributed by atoms with Crippen molar-refractivity contribution in [3.8, 4) is 0 Å². The van der Waals surface area contributed by atoms with Gasteiger partial charge in [-0.05, 0) is 39.0 Å². The lowest BCUT2D eigenvalue weighted by Gasteiger charge is -2.37. The molecular weight excluding hydrogens is 246 g/mol. The van der Waals surface area contributed by atoms with Crippen LogP contribution in [-0.2, 0) is 14.3 Å². The van der Waals surface area contributed by atoms with Crippen LogP contribution in [0.4, 0.5) is 0 Å². The van der Waals surface area contributed by atoms with E-state index in [4.69, 9.17) is 9.84 Å². The quantitative estimate of drug-likeness (QED) is 0.843. The van der Waals surface area contributed by atoms with Crippen molar-refractivity contribution in [3.05, 3.63) is 0 Å². The summed E-state index contributed by atoms with van der Waals surface area (Å²) in [5.74, 6) is -1.13. The molecule has 19 heavy (non-hydrogen) atoms. The maximum Gasteiger partial charge on any atom is 0.308 e. The molecule has 0 spiro atoms. The first kappa shape index (κ1) is 14.3. The van der Waals surface area contributed by atoms with Gasteiger partial charge in [-0.25, -0.2) is 0 Å². The van der Waals surface area contributed by atoms with E-state index in [1.165, 1.54) is 0 Å². The molecule has 3 atom stereocenters. The minimum atomic E-state index is -0.788. The minimum Gasteiger partial charge on any atom is -0.481 e. The molecule has 5 nitrogen and oxygen atoms in total. The van der Waals surface area contributed by atoms with Gasteiger partial charge in [-0.1, -0.05) is 0 Å². The number of carbonyl (C=O) groups is 2. The Morgan fingerprint density at radius 2 is 2.11 bits per heavy atom. The fourth-order valence-electron chi connectivity index (χ4n) is 3.13. The predicted molar refractivity (Wildman–Crippen MR) is 69.7 cm³/mol. The van der Waals surface area contributed by atoms with E-state index in [2.05, 4.69) is 0 Å². The molecule has 0 aliphatic carbocycles. The number of ether oxygens (including phenoxy) is 1. The number of likely N-dealkylation sites (tertiary alicyclic amines) is 1. The van der Waals surface area contributed by atoms with Crippen LogP contribution in [0, 0.1) is 5.92 Å². The highest BCUT2D eigenvalue weighted by atomic mass is 16.5. The van der Waals surface area contributed by atoms with E-state index in [1.54, 1.807) is 4.90 Å². The number of hydrogen-bond acceptors (Lipinski definition) is 3. The Labute approximate surface area is 113 Å². The van der Waals surface area contributed by atoms with E-state index in [9.17, 15) is 9.59 Å². The summed E-state index contributed by atoms with van der Waals surface area (Å²) in [4.78, 5) is 25.1. The van der Waals surface area contributed by atoms with Crippen LogP contribution in [0.15, 0.2) is 0 Å². The molecule has 0 bridgehead atoms. The van der Waals surface area contributed by atoms with Gasteiger partial charge in [0.2, 0.25) is 5.91 Å². The van der Waals surface area contributed by atoms with Crippen LogP contribution in [0.2, 0.25) is 0 Å². The van der Waals surface area contributed by atoms with Gasteiger partial charge in [-0.3, -0.25) is 9.59 Å². The topological polar surface area (TPSA) is 66.8 Å². The molecule has 2 fully saturated rings. The molecule has 2 aliphatic rings. The second-order valence-corrected chi connectivity index (χ2v) is 5.59. The summed E-state index contributed by atoms with van der Waals surface area (Å²) < 4.78 is 5.51. The molecule has 5 heteroatoms. The zero-order chi connectivity index (χ0) is 13.8. The highest BCUT2D eigenvalue weighted by Crippen LogP contribution is 2.25. The van der Waals surface area contributed by atoms with Crippen LogP contribution in [0.3, 0.4) is 0 Å². The zero-order valence-electron chi connectivity index (χ0n) is 11.5. The largest absolute Gasteiger partial charge is 0.481 e. The predicted octanol–water partition coefficient (Wildman–Crippen LogP) is 1.66. The number of carbonyl (C=O) groups excluding carboxylic acids is 1. The van der Waals surface area contributed by atoms with Crippen LogP contribution in [0.5, 0.6) is 0 Å². The van der Waals surface area contributed by atoms with Gasteiger partial charge in [-0.2, -0.15) is 0 Å². The molecule has 108 valence electrons. The van der Waals surface area contributed by atoms with Crippen molar-refractivity contribution in [1.82, 2.24) is 4.90 Å². The van der Waals surface area contributed by atoms with Gasteiger partial charge in [-0.15, -0.1) is 0 Å². The summed E-state index contributed by atoms with van der Waals surface area (Å²) in [6.45, 7) is 3.34. The molecule has 0 saturated carbocycles. The molecule has 0 aromatic rings. The maximum absolute atomic E-state index is 12.2. The Morgan fingerprint density at radius 3 is 2.74 bits per heavy atom. The third kappa shape index (κ3) is 3.47. The van der Waals surface area contributed by atoms with Gasteiger partial charge in [0.25, 0.3) is 0 Å². The van der Waals surface area contributed by atoms with E-state index in [0.29, 0.717) is 19.4 Å². The first-order valence-electron chi connectivity index (χ1n) is 7.23. The summed E-state index contributed by atoms with van der Waals surface area (Å²) in [6.07, 6.45) is 5.04. The smallest absolute Gasteiger partial charge is 0.308 e. The average Bonchev–Trinajstić information content (AvgIpc) is 2.89. The van der Waals surface area contributed by atoms with Crippen LogP contribution in [-0.4, -0.2) is 47.2 Å². The monoisotopic (exact) mass is 269 g/mol. The van der Waals surface area contributed by atoms with Crippen molar-refractivity contribution >= 4 is 11.9 Å². The fourth-order valence-corrected chi connectivity index (χ4v) is 3.13. The van der Waals surface area contributed by atoms with Crippen LogP contribution < -0.4 is 0 Å². The van der Waals surface area contributed by atoms with Crippen molar-refractivity contribution in [2.45, 2.75) is 57.6 Å². The Balaban J connectivity index is 1.84. The number of aliphatic carboxylic acids is 1.